The van der Waals surface area contributed by atoms with Gasteiger partial charge in [0.1, 0.15) is 0 Å². The molecule has 0 fully saturated rings. The molecule has 0 aromatic rings. The van der Waals surface area contributed by atoms with Crippen molar-refractivity contribution in [2.45, 2.75) is 19.9 Å². The summed E-state index contributed by atoms with van der Waals surface area (Å²) < 4.78 is 4.55. The Bertz CT molecular complexity index is 211. The van der Waals surface area contributed by atoms with E-state index in [2.05, 4.69) is 11.3 Å². The molecule has 0 radical (unpaired) electrons. The number of hydrogen-bond donors (Lipinski definition) is 0. The summed E-state index contributed by atoms with van der Waals surface area (Å²) in [7, 11) is 0. The zero-order chi connectivity index (χ0) is 9.72. The van der Waals surface area contributed by atoms with Crippen molar-refractivity contribution in [2.24, 2.45) is 0 Å². The summed E-state index contributed by atoms with van der Waals surface area (Å²) in [5.41, 5.74) is 0.241. The number of carbonyl (C=O) groups is 1. The molecule has 0 heterocycles. The summed E-state index contributed by atoms with van der Waals surface area (Å²) in [6, 6.07) is -0.867. The lowest BCUT2D eigenvalue weighted by molar-refractivity contribution is -0.520. The van der Waals surface area contributed by atoms with Gasteiger partial charge in [0.15, 0.2) is 6.61 Å². The van der Waals surface area contributed by atoms with Gasteiger partial charge in [0.2, 0.25) is 6.04 Å². The summed E-state index contributed by atoms with van der Waals surface area (Å²) in [5.74, 6) is -0.594. The maximum atomic E-state index is 10.7. The smallest absolute Gasteiger partial charge is 0.333 e. The number of nitro groups is 1. The third-order valence-electron chi connectivity index (χ3n) is 1.16. The van der Waals surface area contributed by atoms with Gasteiger partial charge in [0.25, 0.3) is 0 Å². The first kappa shape index (κ1) is 10.6. The second-order valence-electron chi connectivity index (χ2n) is 2.51. The van der Waals surface area contributed by atoms with E-state index in [0.29, 0.717) is 0 Å². The van der Waals surface area contributed by atoms with Crippen LogP contribution in [-0.2, 0) is 9.53 Å². The van der Waals surface area contributed by atoms with Crippen molar-refractivity contribution in [1.82, 2.24) is 0 Å². The maximum Gasteiger partial charge on any atom is 0.333 e. The van der Waals surface area contributed by atoms with Crippen LogP contribution < -0.4 is 0 Å². The molecule has 5 heteroatoms. The van der Waals surface area contributed by atoms with Crippen LogP contribution in [0.25, 0.3) is 0 Å². The monoisotopic (exact) mass is 173 g/mol. The van der Waals surface area contributed by atoms with Gasteiger partial charge in [0.05, 0.1) is 0 Å². The predicted molar refractivity (Wildman–Crippen MR) is 42.2 cm³/mol. The second-order valence-corrected chi connectivity index (χ2v) is 2.51. The number of nitrogens with zero attached hydrogens (tertiary/aromatic N) is 1. The van der Waals surface area contributed by atoms with Crippen LogP contribution in [0, 0.1) is 10.1 Å². The highest BCUT2D eigenvalue weighted by atomic mass is 16.6. The van der Waals surface area contributed by atoms with E-state index in [1.54, 1.807) is 0 Å². The quantitative estimate of drug-likeness (QED) is 0.272. The second kappa shape index (κ2) is 4.48. The predicted octanol–water partition coefficient (Wildman–Crippen LogP) is 0.771. The fourth-order valence-electron chi connectivity index (χ4n) is 0.380. The lowest BCUT2D eigenvalue weighted by atomic mass is 10.3. The van der Waals surface area contributed by atoms with E-state index in [1.807, 2.05) is 0 Å². The standard InChI is InChI=1S/C7H11NO4/c1-5(2)7(9)12-4-6(3)8(10)11/h6H,1,4H2,2-3H3. The van der Waals surface area contributed by atoms with E-state index >= 15 is 0 Å². The average Bonchev–Trinajstić information content (AvgIpc) is 1.98. The Morgan fingerprint density at radius 1 is 1.75 bits per heavy atom. The zero-order valence-corrected chi connectivity index (χ0v) is 7.07. The Labute approximate surface area is 70.2 Å². The molecule has 0 saturated heterocycles. The first-order chi connectivity index (χ1) is 5.45. The maximum absolute atomic E-state index is 10.7. The number of ether oxygens (including phenoxy) is 1. The normalized spacial score (nSPS) is 11.8. The van der Waals surface area contributed by atoms with Gasteiger partial charge >= 0.3 is 5.97 Å². The van der Waals surface area contributed by atoms with Gasteiger partial charge in [0, 0.05) is 17.4 Å². The fourth-order valence-corrected chi connectivity index (χ4v) is 0.380. The largest absolute Gasteiger partial charge is 0.455 e. The van der Waals surface area contributed by atoms with Gasteiger partial charge in [-0.3, -0.25) is 10.1 Å². The molecule has 0 amide bonds. The van der Waals surface area contributed by atoms with Crippen molar-refractivity contribution in [3.8, 4) is 0 Å². The van der Waals surface area contributed by atoms with Crippen molar-refractivity contribution >= 4 is 5.97 Å². The van der Waals surface area contributed by atoms with Crippen LogP contribution in [0.2, 0.25) is 0 Å². The Balaban J connectivity index is 3.76. The lowest BCUT2D eigenvalue weighted by Gasteiger charge is -2.04. The summed E-state index contributed by atoms with van der Waals surface area (Å²) in [6.07, 6.45) is 0. The van der Waals surface area contributed by atoms with Crippen molar-refractivity contribution in [2.75, 3.05) is 6.61 Å². The number of carbonyl (C=O) groups excluding carboxylic acids is 1. The topological polar surface area (TPSA) is 69.4 Å². The minimum absolute atomic E-state index is 0.210. The summed E-state index contributed by atoms with van der Waals surface area (Å²) in [6.45, 7) is 5.98. The van der Waals surface area contributed by atoms with Gasteiger partial charge in [-0.2, -0.15) is 0 Å². The zero-order valence-electron chi connectivity index (χ0n) is 7.07. The summed E-state index contributed by atoms with van der Waals surface area (Å²) >= 11 is 0. The average molecular weight is 173 g/mol. The Kier molecular flexibility index (Phi) is 3.96. The SMILES string of the molecule is C=C(C)C(=O)OCC(C)[N+](=O)[O-]. The lowest BCUT2D eigenvalue weighted by Crippen LogP contribution is -2.23. The van der Waals surface area contributed by atoms with Crippen LogP contribution in [0.3, 0.4) is 0 Å². The molecule has 0 aromatic carbocycles. The number of esters is 1. The Hall–Kier alpha value is -1.39. The minimum Gasteiger partial charge on any atom is -0.455 e. The summed E-state index contributed by atoms with van der Waals surface area (Å²) in [5, 5.41) is 10.1. The van der Waals surface area contributed by atoms with Crippen molar-refractivity contribution in [3.63, 3.8) is 0 Å². The highest BCUT2D eigenvalue weighted by molar-refractivity contribution is 5.86. The first-order valence-corrected chi connectivity index (χ1v) is 3.41. The minimum atomic E-state index is -0.867. The molecular formula is C7H11NO4. The van der Waals surface area contributed by atoms with Crippen LogP contribution in [0.1, 0.15) is 13.8 Å². The van der Waals surface area contributed by atoms with E-state index in [4.69, 9.17) is 0 Å². The van der Waals surface area contributed by atoms with Crippen molar-refractivity contribution in [1.29, 1.82) is 0 Å². The fraction of sp³-hybridized carbons (Fsp3) is 0.571. The molecule has 12 heavy (non-hydrogen) atoms. The van der Waals surface area contributed by atoms with E-state index < -0.39 is 16.9 Å². The van der Waals surface area contributed by atoms with Gasteiger partial charge in [-0.25, -0.2) is 4.79 Å². The molecule has 0 N–H and O–H groups in total. The third kappa shape index (κ3) is 3.70. The van der Waals surface area contributed by atoms with Crippen molar-refractivity contribution in [3.05, 3.63) is 22.3 Å². The van der Waals surface area contributed by atoms with Crippen LogP contribution in [0.4, 0.5) is 0 Å². The van der Waals surface area contributed by atoms with E-state index in [-0.39, 0.29) is 12.2 Å². The molecule has 0 saturated carbocycles. The molecular weight excluding hydrogens is 162 g/mol. The Morgan fingerprint density at radius 2 is 2.25 bits per heavy atom. The van der Waals surface area contributed by atoms with Crippen LogP contribution in [0.5, 0.6) is 0 Å². The molecule has 0 aliphatic heterocycles. The van der Waals surface area contributed by atoms with Crippen LogP contribution >= 0.6 is 0 Å². The van der Waals surface area contributed by atoms with Gasteiger partial charge in [-0.15, -0.1) is 0 Å². The number of hydrogen-bond acceptors (Lipinski definition) is 4. The molecule has 1 atom stereocenters. The molecule has 5 nitrogen and oxygen atoms in total. The molecule has 0 aliphatic carbocycles. The molecule has 0 rings (SSSR count). The highest BCUT2D eigenvalue weighted by Crippen LogP contribution is 1.95. The van der Waals surface area contributed by atoms with E-state index in [0.717, 1.165) is 0 Å². The number of rotatable bonds is 4. The van der Waals surface area contributed by atoms with Crippen LogP contribution in [-0.4, -0.2) is 23.5 Å². The molecule has 1 unspecified atom stereocenters. The highest BCUT2D eigenvalue weighted by Gasteiger charge is 2.15. The third-order valence-corrected chi connectivity index (χ3v) is 1.16. The van der Waals surface area contributed by atoms with Crippen molar-refractivity contribution < 1.29 is 14.5 Å². The van der Waals surface area contributed by atoms with Gasteiger partial charge in [-0.1, -0.05) is 6.58 Å². The van der Waals surface area contributed by atoms with Crippen LogP contribution in [0.15, 0.2) is 12.2 Å². The Morgan fingerprint density at radius 3 is 2.58 bits per heavy atom. The van der Waals surface area contributed by atoms with E-state index in [1.165, 1.54) is 13.8 Å². The molecule has 0 bridgehead atoms. The first-order valence-electron chi connectivity index (χ1n) is 3.41. The van der Waals surface area contributed by atoms with E-state index in [9.17, 15) is 14.9 Å². The molecule has 0 aliphatic rings. The molecule has 68 valence electrons. The molecule has 0 spiro atoms. The van der Waals surface area contributed by atoms with Gasteiger partial charge in [-0.05, 0) is 6.92 Å². The summed E-state index contributed by atoms with van der Waals surface area (Å²) in [4.78, 5) is 20.3. The van der Waals surface area contributed by atoms with Gasteiger partial charge < -0.3 is 4.74 Å². The molecule has 0 aromatic heterocycles.